The minimum absolute atomic E-state index is 0.301. The Hall–Kier alpha value is -1.96. The second-order valence-corrected chi connectivity index (χ2v) is 7.30. The first-order valence-electron chi connectivity index (χ1n) is 9.38. The average Bonchev–Trinajstić information content (AvgIpc) is 2.97. The molecule has 4 nitrogen and oxygen atoms in total. The van der Waals surface area contributed by atoms with Gasteiger partial charge < -0.3 is 14.8 Å². The highest BCUT2D eigenvalue weighted by Gasteiger charge is 2.35. The van der Waals surface area contributed by atoms with E-state index in [0.717, 1.165) is 37.7 Å². The van der Waals surface area contributed by atoms with Crippen LogP contribution in [0.2, 0.25) is 5.02 Å². The summed E-state index contributed by atoms with van der Waals surface area (Å²) in [5, 5.41) is 3.03. The molecule has 0 aliphatic carbocycles. The van der Waals surface area contributed by atoms with Crippen molar-refractivity contribution in [1.29, 1.82) is 0 Å². The summed E-state index contributed by atoms with van der Waals surface area (Å²) in [6.45, 7) is 3.12. The lowest BCUT2D eigenvalue weighted by Crippen LogP contribution is -2.33. The summed E-state index contributed by atoms with van der Waals surface area (Å²) in [7, 11) is 3.08. The van der Waals surface area contributed by atoms with Crippen LogP contribution in [0.4, 0.5) is 13.2 Å². The fourth-order valence-electron chi connectivity index (χ4n) is 3.69. The van der Waals surface area contributed by atoms with Crippen LogP contribution in [0.3, 0.4) is 0 Å². The summed E-state index contributed by atoms with van der Waals surface area (Å²) < 4.78 is 51.1. The second-order valence-electron chi connectivity index (χ2n) is 6.89. The zero-order valence-electron chi connectivity index (χ0n) is 16.4. The van der Waals surface area contributed by atoms with Gasteiger partial charge in [0.05, 0.1) is 30.8 Å². The maximum Gasteiger partial charge on any atom is 0.417 e. The first-order valence-corrected chi connectivity index (χ1v) is 9.76. The molecule has 0 bridgehead atoms. The van der Waals surface area contributed by atoms with Crippen molar-refractivity contribution < 1.29 is 22.6 Å². The fraction of sp³-hybridized carbons (Fsp3) is 0.429. The highest BCUT2D eigenvalue weighted by molar-refractivity contribution is 6.31. The standard InChI is InChI=1S/C21H24ClF3N2O2/c1-28-18-7-5-15(13-19(18)29-2)20(27-10-3-8-26-9-11-27)14-4-6-17(22)16(12-14)21(23,24)25/h4-7,12-13,20,26H,3,8-11H2,1-2H3. The molecular formula is C21H24ClF3N2O2. The Labute approximate surface area is 173 Å². The molecule has 29 heavy (non-hydrogen) atoms. The number of nitrogens with one attached hydrogen (secondary N) is 1. The number of halogens is 4. The highest BCUT2D eigenvalue weighted by atomic mass is 35.5. The maximum absolute atomic E-state index is 13.5. The third-order valence-electron chi connectivity index (χ3n) is 5.07. The van der Waals surface area contributed by atoms with Gasteiger partial charge in [-0.05, 0) is 48.4 Å². The van der Waals surface area contributed by atoms with Crippen LogP contribution in [0.25, 0.3) is 0 Å². The smallest absolute Gasteiger partial charge is 0.417 e. The Kier molecular flexibility index (Phi) is 6.93. The third kappa shape index (κ3) is 4.97. The number of hydrogen-bond acceptors (Lipinski definition) is 4. The van der Waals surface area contributed by atoms with E-state index in [1.165, 1.54) is 13.2 Å². The van der Waals surface area contributed by atoms with Crippen LogP contribution in [0.1, 0.15) is 29.2 Å². The van der Waals surface area contributed by atoms with Gasteiger partial charge in [0.15, 0.2) is 11.5 Å². The van der Waals surface area contributed by atoms with Crippen molar-refractivity contribution in [3.05, 3.63) is 58.1 Å². The van der Waals surface area contributed by atoms with Crippen molar-refractivity contribution >= 4 is 11.6 Å². The average molecular weight is 429 g/mol. The van der Waals surface area contributed by atoms with E-state index in [2.05, 4.69) is 10.2 Å². The van der Waals surface area contributed by atoms with Gasteiger partial charge in [0.25, 0.3) is 0 Å². The number of rotatable bonds is 5. The molecule has 1 aliphatic heterocycles. The van der Waals surface area contributed by atoms with Gasteiger partial charge in [-0.15, -0.1) is 0 Å². The molecular weight excluding hydrogens is 405 g/mol. The molecule has 0 radical (unpaired) electrons. The van der Waals surface area contributed by atoms with Gasteiger partial charge in [-0.3, -0.25) is 4.90 Å². The molecule has 0 amide bonds. The predicted octanol–water partition coefficient (Wildman–Crippen LogP) is 4.76. The van der Waals surface area contributed by atoms with Gasteiger partial charge in [0.1, 0.15) is 0 Å². The molecule has 2 aromatic carbocycles. The minimum Gasteiger partial charge on any atom is -0.493 e. The number of alkyl halides is 3. The lowest BCUT2D eigenvalue weighted by atomic mass is 9.94. The van der Waals surface area contributed by atoms with E-state index in [0.29, 0.717) is 23.6 Å². The first-order chi connectivity index (χ1) is 13.8. The number of hydrogen-bond donors (Lipinski definition) is 1. The molecule has 1 saturated heterocycles. The van der Waals surface area contributed by atoms with Crippen LogP contribution >= 0.6 is 11.6 Å². The van der Waals surface area contributed by atoms with E-state index in [9.17, 15) is 13.2 Å². The van der Waals surface area contributed by atoms with E-state index >= 15 is 0 Å². The van der Waals surface area contributed by atoms with E-state index in [1.54, 1.807) is 19.2 Å². The fourth-order valence-corrected chi connectivity index (χ4v) is 3.92. The molecule has 0 spiro atoms. The van der Waals surface area contributed by atoms with Crippen molar-refractivity contribution in [2.24, 2.45) is 0 Å². The van der Waals surface area contributed by atoms with Crippen LogP contribution in [-0.2, 0) is 6.18 Å². The molecule has 1 N–H and O–H groups in total. The quantitative estimate of drug-likeness (QED) is 0.744. The van der Waals surface area contributed by atoms with Gasteiger partial charge in [0.2, 0.25) is 0 Å². The molecule has 1 heterocycles. The molecule has 1 fully saturated rings. The largest absolute Gasteiger partial charge is 0.493 e. The minimum atomic E-state index is -4.52. The summed E-state index contributed by atoms with van der Waals surface area (Å²) >= 11 is 5.85. The Balaban J connectivity index is 2.11. The van der Waals surface area contributed by atoms with E-state index < -0.39 is 11.7 Å². The molecule has 3 rings (SSSR count). The Morgan fingerprint density at radius 1 is 0.966 bits per heavy atom. The van der Waals surface area contributed by atoms with Gasteiger partial charge in [-0.2, -0.15) is 13.2 Å². The highest BCUT2D eigenvalue weighted by Crippen LogP contribution is 2.40. The summed E-state index contributed by atoms with van der Waals surface area (Å²) in [5.41, 5.74) is 0.547. The molecule has 1 atom stereocenters. The molecule has 0 saturated carbocycles. The van der Waals surface area contributed by atoms with Gasteiger partial charge in [0, 0.05) is 19.6 Å². The van der Waals surface area contributed by atoms with Crippen LogP contribution < -0.4 is 14.8 Å². The maximum atomic E-state index is 13.5. The second kappa shape index (κ2) is 9.24. The normalized spacial score (nSPS) is 16.9. The van der Waals surface area contributed by atoms with Gasteiger partial charge >= 0.3 is 6.18 Å². The number of benzene rings is 2. The summed E-state index contributed by atoms with van der Waals surface area (Å²) in [4.78, 5) is 2.19. The lowest BCUT2D eigenvalue weighted by molar-refractivity contribution is -0.137. The van der Waals surface area contributed by atoms with Crippen molar-refractivity contribution in [3.63, 3.8) is 0 Å². The Morgan fingerprint density at radius 3 is 2.34 bits per heavy atom. The molecule has 1 aliphatic rings. The lowest BCUT2D eigenvalue weighted by Gasteiger charge is -2.32. The SMILES string of the molecule is COc1ccc(C(c2ccc(Cl)c(C(F)(F)F)c2)N2CCCNCC2)cc1OC. The molecule has 158 valence electrons. The molecule has 1 unspecified atom stereocenters. The number of methoxy groups -OCH3 is 2. The Bertz CT molecular complexity index is 837. The predicted molar refractivity (Wildman–Crippen MR) is 107 cm³/mol. The van der Waals surface area contributed by atoms with Crippen molar-refractivity contribution in [2.45, 2.75) is 18.6 Å². The van der Waals surface area contributed by atoms with Crippen LogP contribution in [0.15, 0.2) is 36.4 Å². The van der Waals surface area contributed by atoms with Crippen molar-refractivity contribution in [3.8, 4) is 11.5 Å². The monoisotopic (exact) mass is 428 g/mol. The summed E-state index contributed by atoms with van der Waals surface area (Å²) in [6.07, 6.45) is -3.61. The van der Waals surface area contributed by atoms with Gasteiger partial charge in [-0.1, -0.05) is 23.7 Å². The Morgan fingerprint density at radius 2 is 1.66 bits per heavy atom. The van der Waals surface area contributed by atoms with Crippen LogP contribution in [0.5, 0.6) is 11.5 Å². The zero-order chi connectivity index (χ0) is 21.0. The van der Waals surface area contributed by atoms with Crippen LogP contribution in [0, 0.1) is 0 Å². The zero-order valence-corrected chi connectivity index (χ0v) is 17.1. The van der Waals surface area contributed by atoms with Gasteiger partial charge in [-0.25, -0.2) is 0 Å². The van der Waals surface area contributed by atoms with Crippen LogP contribution in [-0.4, -0.2) is 45.3 Å². The van der Waals surface area contributed by atoms with Crippen molar-refractivity contribution in [2.75, 3.05) is 40.4 Å². The number of nitrogens with zero attached hydrogens (tertiary/aromatic N) is 1. The number of ether oxygens (including phenoxy) is 2. The summed E-state index contributed by atoms with van der Waals surface area (Å²) in [6, 6.07) is 9.24. The molecule has 2 aromatic rings. The topological polar surface area (TPSA) is 33.7 Å². The van der Waals surface area contributed by atoms with E-state index in [-0.39, 0.29) is 11.1 Å². The van der Waals surface area contributed by atoms with E-state index in [1.807, 2.05) is 12.1 Å². The first kappa shape index (κ1) is 21.7. The molecule has 0 aromatic heterocycles. The van der Waals surface area contributed by atoms with E-state index in [4.69, 9.17) is 21.1 Å². The third-order valence-corrected chi connectivity index (χ3v) is 5.40. The molecule has 8 heteroatoms. The van der Waals surface area contributed by atoms with Crippen molar-refractivity contribution in [1.82, 2.24) is 10.2 Å². The summed E-state index contributed by atoms with van der Waals surface area (Å²) in [5.74, 6) is 1.10.